The van der Waals surface area contributed by atoms with Crippen LogP contribution in [0.2, 0.25) is 0 Å². The van der Waals surface area contributed by atoms with Crippen molar-refractivity contribution in [2.24, 2.45) is 0 Å². The predicted octanol–water partition coefficient (Wildman–Crippen LogP) is 3.67. The normalized spacial score (nSPS) is 21.8. The molecule has 0 unspecified atom stereocenters. The number of halogens is 3. The maximum atomic E-state index is 13.3. The molecule has 0 spiro atoms. The van der Waals surface area contributed by atoms with Crippen molar-refractivity contribution in [2.45, 2.75) is 37.3 Å². The number of benzene rings is 1. The monoisotopic (exact) mass is 323 g/mol. The first-order valence-corrected chi connectivity index (χ1v) is 7.75. The molecule has 1 saturated heterocycles. The molecule has 122 valence electrons. The van der Waals surface area contributed by atoms with Gasteiger partial charge in [0.15, 0.2) is 5.82 Å². The summed E-state index contributed by atoms with van der Waals surface area (Å²) in [6.07, 6.45) is -1.65. The molecule has 2 heterocycles. The summed E-state index contributed by atoms with van der Waals surface area (Å²) in [5.74, 6) is 1.52. The van der Waals surface area contributed by atoms with Crippen LogP contribution in [0, 0.1) is 0 Å². The van der Waals surface area contributed by atoms with E-state index < -0.39 is 11.7 Å². The minimum atomic E-state index is -4.42. The summed E-state index contributed by atoms with van der Waals surface area (Å²) in [5.41, 5.74) is -0.645. The zero-order chi connectivity index (χ0) is 16.0. The third-order valence-corrected chi connectivity index (χ3v) is 4.32. The van der Waals surface area contributed by atoms with Gasteiger partial charge in [0, 0.05) is 18.4 Å². The lowest BCUT2D eigenvalue weighted by atomic mass is 10.1. The number of nitrogens with zero attached hydrogens (tertiary/aromatic N) is 3. The second-order valence-corrected chi connectivity index (χ2v) is 6.09. The largest absolute Gasteiger partial charge is 0.418 e. The first kappa shape index (κ1) is 14.7. The van der Waals surface area contributed by atoms with E-state index in [1.807, 2.05) is 0 Å². The first-order chi connectivity index (χ1) is 11.0. The van der Waals surface area contributed by atoms with Crippen molar-refractivity contribution in [1.82, 2.24) is 14.8 Å². The van der Waals surface area contributed by atoms with E-state index in [1.165, 1.54) is 16.8 Å². The van der Waals surface area contributed by atoms with Crippen molar-refractivity contribution in [3.8, 4) is 5.69 Å². The number of alkyl halides is 3. The van der Waals surface area contributed by atoms with E-state index in [4.69, 9.17) is 4.74 Å². The van der Waals surface area contributed by atoms with E-state index in [1.54, 1.807) is 6.07 Å². The first-order valence-electron chi connectivity index (χ1n) is 7.75. The van der Waals surface area contributed by atoms with Crippen molar-refractivity contribution in [3.63, 3.8) is 0 Å². The van der Waals surface area contributed by atoms with Crippen LogP contribution < -0.4 is 0 Å². The Morgan fingerprint density at radius 1 is 1.09 bits per heavy atom. The molecule has 0 N–H and O–H groups in total. The lowest BCUT2D eigenvalue weighted by Gasteiger charge is -2.15. The number of hydrogen-bond acceptors (Lipinski definition) is 3. The Kier molecular flexibility index (Phi) is 3.41. The van der Waals surface area contributed by atoms with Gasteiger partial charge in [0.1, 0.15) is 5.82 Å². The molecule has 2 fully saturated rings. The van der Waals surface area contributed by atoms with Crippen molar-refractivity contribution in [2.75, 3.05) is 13.2 Å². The Hall–Kier alpha value is -1.89. The van der Waals surface area contributed by atoms with E-state index in [0.29, 0.717) is 24.9 Å². The van der Waals surface area contributed by atoms with Crippen LogP contribution in [0.25, 0.3) is 5.69 Å². The zero-order valence-corrected chi connectivity index (χ0v) is 12.4. The summed E-state index contributed by atoms with van der Waals surface area (Å²) < 4.78 is 46.8. The molecule has 0 bridgehead atoms. The Morgan fingerprint density at radius 3 is 2.52 bits per heavy atom. The molecule has 1 aliphatic heterocycles. The summed E-state index contributed by atoms with van der Waals surface area (Å²) in [6.45, 7) is 1.09. The highest BCUT2D eigenvalue weighted by atomic mass is 19.4. The van der Waals surface area contributed by atoms with Crippen molar-refractivity contribution < 1.29 is 17.9 Å². The van der Waals surface area contributed by atoms with Crippen LogP contribution in [0.15, 0.2) is 24.3 Å². The Balaban J connectivity index is 1.85. The van der Waals surface area contributed by atoms with Gasteiger partial charge in [-0.25, -0.2) is 9.67 Å². The quantitative estimate of drug-likeness (QED) is 0.865. The van der Waals surface area contributed by atoms with Gasteiger partial charge >= 0.3 is 6.18 Å². The SMILES string of the molecule is FC(F)(F)c1ccccc1-n1nc(C2CC2)nc1[C@H]1CCOC1. The standard InChI is InChI=1S/C16H16F3N3O/c17-16(18,19)12-3-1-2-4-13(12)22-15(11-7-8-23-9-11)20-14(21-22)10-5-6-10/h1-4,10-11H,5-9H2/t11-/m0/s1. The molecule has 23 heavy (non-hydrogen) atoms. The van der Waals surface area contributed by atoms with Gasteiger partial charge in [0.2, 0.25) is 0 Å². The minimum Gasteiger partial charge on any atom is -0.381 e. The predicted molar refractivity (Wildman–Crippen MR) is 76.5 cm³/mol. The molecular weight excluding hydrogens is 307 g/mol. The molecule has 2 aromatic rings. The number of aromatic nitrogens is 3. The van der Waals surface area contributed by atoms with Crippen LogP contribution in [0.5, 0.6) is 0 Å². The van der Waals surface area contributed by atoms with E-state index >= 15 is 0 Å². The Morgan fingerprint density at radius 2 is 1.87 bits per heavy atom. The van der Waals surface area contributed by atoms with E-state index in [0.717, 1.165) is 25.3 Å². The average molecular weight is 323 g/mol. The molecule has 1 aromatic carbocycles. The molecule has 4 rings (SSSR count). The third-order valence-electron chi connectivity index (χ3n) is 4.32. The lowest BCUT2D eigenvalue weighted by molar-refractivity contribution is -0.137. The third kappa shape index (κ3) is 2.73. The molecular formula is C16H16F3N3O. The second kappa shape index (κ2) is 5.33. The lowest BCUT2D eigenvalue weighted by Crippen LogP contribution is -2.15. The van der Waals surface area contributed by atoms with Crippen LogP contribution in [0.3, 0.4) is 0 Å². The maximum Gasteiger partial charge on any atom is 0.418 e. The molecule has 7 heteroatoms. The minimum absolute atomic E-state index is 0.00344. The molecule has 0 amide bonds. The number of ether oxygens (including phenoxy) is 1. The molecule has 1 atom stereocenters. The second-order valence-electron chi connectivity index (χ2n) is 6.09. The number of para-hydroxylation sites is 1. The fourth-order valence-corrected chi connectivity index (χ4v) is 2.93. The highest BCUT2D eigenvalue weighted by Crippen LogP contribution is 2.40. The topological polar surface area (TPSA) is 39.9 Å². The molecule has 2 aliphatic rings. The average Bonchev–Trinajstić information content (AvgIpc) is 3.06. The fraction of sp³-hybridized carbons (Fsp3) is 0.500. The van der Waals surface area contributed by atoms with Gasteiger partial charge in [-0.1, -0.05) is 12.1 Å². The van der Waals surface area contributed by atoms with Crippen LogP contribution in [-0.2, 0) is 10.9 Å². The van der Waals surface area contributed by atoms with Crippen LogP contribution in [0.4, 0.5) is 13.2 Å². The van der Waals surface area contributed by atoms with Gasteiger partial charge in [-0.2, -0.15) is 18.3 Å². The molecule has 1 aliphatic carbocycles. The van der Waals surface area contributed by atoms with Gasteiger partial charge in [0.05, 0.1) is 17.9 Å². The Labute approximate surface area is 131 Å². The maximum absolute atomic E-state index is 13.3. The number of rotatable bonds is 3. The highest BCUT2D eigenvalue weighted by Gasteiger charge is 2.37. The Bertz CT molecular complexity index is 716. The van der Waals surface area contributed by atoms with E-state index in [9.17, 15) is 13.2 Å². The van der Waals surface area contributed by atoms with Gasteiger partial charge in [-0.05, 0) is 31.4 Å². The van der Waals surface area contributed by atoms with Gasteiger partial charge in [-0.15, -0.1) is 0 Å². The molecule has 4 nitrogen and oxygen atoms in total. The summed E-state index contributed by atoms with van der Waals surface area (Å²) in [6, 6.07) is 5.53. The van der Waals surface area contributed by atoms with Gasteiger partial charge in [0.25, 0.3) is 0 Å². The van der Waals surface area contributed by atoms with Crippen molar-refractivity contribution in [3.05, 3.63) is 41.5 Å². The summed E-state index contributed by atoms with van der Waals surface area (Å²) in [7, 11) is 0. The fourth-order valence-electron chi connectivity index (χ4n) is 2.93. The molecule has 1 aromatic heterocycles. The van der Waals surface area contributed by atoms with Crippen molar-refractivity contribution >= 4 is 0 Å². The van der Waals surface area contributed by atoms with Gasteiger partial charge in [-0.3, -0.25) is 0 Å². The van der Waals surface area contributed by atoms with Crippen LogP contribution in [0.1, 0.15) is 48.3 Å². The molecule has 1 saturated carbocycles. The number of hydrogen-bond donors (Lipinski definition) is 0. The van der Waals surface area contributed by atoms with Crippen LogP contribution in [-0.4, -0.2) is 28.0 Å². The summed E-state index contributed by atoms with van der Waals surface area (Å²) in [4.78, 5) is 4.56. The zero-order valence-electron chi connectivity index (χ0n) is 12.4. The van der Waals surface area contributed by atoms with Gasteiger partial charge < -0.3 is 4.74 Å². The highest BCUT2D eigenvalue weighted by molar-refractivity contribution is 5.43. The van der Waals surface area contributed by atoms with E-state index in [2.05, 4.69) is 10.1 Å². The molecule has 0 radical (unpaired) electrons. The van der Waals surface area contributed by atoms with Crippen LogP contribution >= 0.6 is 0 Å². The van der Waals surface area contributed by atoms with E-state index in [-0.39, 0.29) is 17.5 Å². The smallest absolute Gasteiger partial charge is 0.381 e. The van der Waals surface area contributed by atoms with Crippen molar-refractivity contribution in [1.29, 1.82) is 0 Å². The summed E-state index contributed by atoms with van der Waals surface area (Å²) >= 11 is 0. The summed E-state index contributed by atoms with van der Waals surface area (Å²) in [5, 5.41) is 4.41.